The predicted molar refractivity (Wildman–Crippen MR) is 116 cm³/mol. The third-order valence-electron chi connectivity index (χ3n) is 6.40. The van der Waals surface area contributed by atoms with Crippen LogP contribution in [0.3, 0.4) is 0 Å². The Labute approximate surface area is 184 Å². The van der Waals surface area contributed by atoms with Crippen molar-refractivity contribution in [2.45, 2.75) is 25.2 Å². The molecule has 1 unspecified atom stereocenters. The summed E-state index contributed by atoms with van der Waals surface area (Å²) in [6.07, 6.45) is 3.58. The van der Waals surface area contributed by atoms with Crippen LogP contribution < -0.4 is 5.32 Å². The van der Waals surface area contributed by atoms with Crippen molar-refractivity contribution in [2.75, 3.05) is 26.2 Å². The number of fused-ring (bicyclic) bond motifs is 1. The van der Waals surface area contributed by atoms with Crippen LogP contribution in [-0.2, 0) is 0 Å². The molecule has 2 saturated heterocycles. The van der Waals surface area contributed by atoms with Crippen LogP contribution in [-0.4, -0.2) is 58.2 Å². The molecule has 3 aromatic rings. The fourth-order valence-electron chi connectivity index (χ4n) is 4.49. The minimum atomic E-state index is -2.69. The Morgan fingerprint density at radius 1 is 1.09 bits per heavy atom. The first-order valence-electron chi connectivity index (χ1n) is 10.9. The van der Waals surface area contributed by atoms with Gasteiger partial charge in [-0.15, -0.1) is 0 Å². The number of amides is 1. The van der Waals surface area contributed by atoms with Crippen LogP contribution in [0.5, 0.6) is 0 Å². The monoisotopic (exact) mass is 438 g/mol. The summed E-state index contributed by atoms with van der Waals surface area (Å²) in [6.45, 7) is 1.66. The smallest absolute Gasteiger partial charge is 0.255 e. The SMILES string of the molecule is O=C(c1cccc(-n2ccc3cc(C(=O)N4CCC(F)(F)CC4)cnc32)c1)C1CCNC1. The van der Waals surface area contributed by atoms with Crippen LogP contribution in [0, 0.1) is 5.92 Å². The average Bonchev–Trinajstić information content (AvgIpc) is 3.48. The van der Waals surface area contributed by atoms with Gasteiger partial charge in [0, 0.05) is 67.4 Å². The van der Waals surface area contributed by atoms with Crippen LogP contribution >= 0.6 is 0 Å². The Kier molecular flexibility index (Phi) is 5.25. The van der Waals surface area contributed by atoms with E-state index in [0.717, 1.165) is 24.0 Å². The molecule has 1 atom stereocenters. The van der Waals surface area contributed by atoms with Gasteiger partial charge in [0.05, 0.1) is 5.56 Å². The number of benzene rings is 1. The molecule has 0 saturated carbocycles. The van der Waals surface area contributed by atoms with Gasteiger partial charge in [-0.1, -0.05) is 12.1 Å². The van der Waals surface area contributed by atoms with Gasteiger partial charge in [-0.25, -0.2) is 13.8 Å². The summed E-state index contributed by atoms with van der Waals surface area (Å²) in [5.41, 5.74) is 2.55. The molecule has 0 radical (unpaired) electrons. The fourth-order valence-corrected chi connectivity index (χ4v) is 4.49. The standard InChI is InChI=1S/C24H24F2N4O2/c25-24(26)6-10-29(11-7-24)23(32)19-12-17-5-9-30(22(17)28-15-19)20-3-1-2-16(13-20)21(31)18-4-8-27-14-18/h1-3,5,9,12-13,15,18,27H,4,6-8,10-11,14H2. The van der Waals surface area contributed by atoms with Crippen molar-refractivity contribution in [1.29, 1.82) is 0 Å². The second-order valence-corrected chi connectivity index (χ2v) is 8.58. The number of nitrogens with zero attached hydrogens (tertiary/aromatic N) is 3. The van der Waals surface area contributed by atoms with E-state index >= 15 is 0 Å². The molecule has 2 aliphatic heterocycles. The predicted octanol–water partition coefficient (Wildman–Crippen LogP) is 3.69. The first-order valence-corrected chi connectivity index (χ1v) is 10.9. The zero-order valence-electron chi connectivity index (χ0n) is 17.6. The molecule has 2 aliphatic rings. The van der Waals surface area contributed by atoms with Crippen LogP contribution in [0.1, 0.15) is 40.0 Å². The van der Waals surface area contributed by atoms with Gasteiger partial charge >= 0.3 is 0 Å². The summed E-state index contributed by atoms with van der Waals surface area (Å²) in [4.78, 5) is 31.5. The Morgan fingerprint density at radius 3 is 2.66 bits per heavy atom. The minimum absolute atomic E-state index is 0.00749. The van der Waals surface area contributed by atoms with Gasteiger partial charge in [0.2, 0.25) is 0 Å². The number of carbonyl (C=O) groups is 2. The van der Waals surface area contributed by atoms with E-state index in [1.165, 1.54) is 11.1 Å². The molecule has 166 valence electrons. The molecule has 8 heteroatoms. The maximum absolute atomic E-state index is 13.4. The lowest BCUT2D eigenvalue weighted by molar-refractivity contribution is -0.0494. The second kappa shape index (κ2) is 8.09. The van der Waals surface area contributed by atoms with Crippen molar-refractivity contribution >= 4 is 22.7 Å². The molecular formula is C24H24F2N4O2. The molecule has 2 aromatic heterocycles. The highest BCUT2D eigenvalue weighted by Crippen LogP contribution is 2.29. The molecule has 1 N–H and O–H groups in total. The van der Waals surface area contributed by atoms with E-state index in [4.69, 9.17) is 0 Å². The summed E-state index contributed by atoms with van der Waals surface area (Å²) >= 11 is 0. The highest BCUT2D eigenvalue weighted by atomic mass is 19.3. The van der Waals surface area contributed by atoms with Crippen molar-refractivity contribution in [3.05, 3.63) is 59.9 Å². The Bertz CT molecular complexity index is 1170. The van der Waals surface area contributed by atoms with Gasteiger partial charge < -0.3 is 14.8 Å². The lowest BCUT2D eigenvalue weighted by Gasteiger charge is -2.31. The van der Waals surface area contributed by atoms with Crippen LogP contribution in [0.4, 0.5) is 8.78 Å². The molecule has 2 fully saturated rings. The third-order valence-corrected chi connectivity index (χ3v) is 6.40. The number of aromatic nitrogens is 2. The number of hydrogen-bond acceptors (Lipinski definition) is 4. The molecule has 4 heterocycles. The molecule has 1 amide bonds. The van der Waals surface area contributed by atoms with Crippen molar-refractivity contribution in [3.63, 3.8) is 0 Å². The average molecular weight is 438 g/mol. The highest BCUT2D eigenvalue weighted by molar-refractivity contribution is 5.99. The van der Waals surface area contributed by atoms with E-state index in [1.807, 2.05) is 41.1 Å². The lowest BCUT2D eigenvalue weighted by atomic mass is 9.96. The largest absolute Gasteiger partial charge is 0.338 e. The number of pyridine rings is 1. The van der Waals surface area contributed by atoms with Gasteiger partial charge in [0.25, 0.3) is 11.8 Å². The molecule has 32 heavy (non-hydrogen) atoms. The Hall–Kier alpha value is -3.13. The summed E-state index contributed by atoms with van der Waals surface area (Å²) in [7, 11) is 0. The molecule has 0 spiro atoms. The maximum atomic E-state index is 13.4. The van der Waals surface area contributed by atoms with Gasteiger partial charge in [0.15, 0.2) is 5.78 Å². The lowest BCUT2D eigenvalue weighted by Crippen LogP contribution is -2.42. The van der Waals surface area contributed by atoms with Gasteiger partial charge in [-0.2, -0.15) is 0 Å². The van der Waals surface area contributed by atoms with Gasteiger partial charge in [0.1, 0.15) is 5.65 Å². The number of rotatable bonds is 4. The molecule has 0 bridgehead atoms. The zero-order valence-corrected chi connectivity index (χ0v) is 17.6. The third kappa shape index (κ3) is 3.90. The highest BCUT2D eigenvalue weighted by Gasteiger charge is 2.36. The van der Waals surface area contributed by atoms with Crippen molar-refractivity contribution in [1.82, 2.24) is 19.8 Å². The molecule has 0 aliphatic carbocycles. The van der Waals surface area contributed by atoms with Crippen molar-refractivity contribution in [2.24, 2.45) is 5.92 Å². The zero-order chi connectivity index (χ0) is 22.3. The van der Waals surface area contributed by atoms with E-state index in [2.05, 4.69) is 10.3 Å². The quantitative estimate of drug-likeness (QED) is 0.631. The Morgan fingerprint density at radius 2 is 1.91 bits per heavy atom. The summed E-state index contributed by atoms with van der Waals surface area (Å²) in [6, 6.07) is 11.1. The molecular weight excluding hydrogens is 414 g/mol. The second-order valence-electron chi connectivity index (χ2n) is 8.58. The van der Waals surface area contributed by atoms with Crippen molar-refractivity contribution < 1.29 is 18.4 Å². The first kappa shape index (κ1) is 20.8. The van der Waals surface area contributed by atoms with E-state index in [9.17, 15) is 18.4 Å². The Balaban J connectivity index is 1.39. The summed E-state index contributed by atoms with van der Waals surface area (Å²) in [5.74, 6) is -2.82. The van der Waals surface area contributed by atoms with Crippen LogP contribution in [0.25, 0.3) is 16.7 Å². The normalized spacial score (nSPS) is 20.6. The van der Waals surface area contributed by atoms with E-state index < -0.39 is 5.92 Å². The first-order chi connectivity index (χ1) is 15.4. The van der Waals surface area contributed by atoms with Crippen LogP contribution in [0.2, 0.25) is 0 Å². The number of carbonyl (C=O) groups excluding carboxylic acids is 2. The minimum Gasteiger partial charge on any atom is -0.338 e. The number of piperidine rings is 1. The topological polar surface area (TPSA) is 67.2 Å². The van der Waals surface area contributed by atoms with E-state index in [0.29, 0.717) is 23.3 Å². The number of Topliss-reactive ketones (excluding diaryl/α,β-unsaturated/α-hetero) is 1. The summed E-state index contributed by atoms with van der Waals surface area (Å²) < 4.78 is 28.7. The summed E-state index contributed by atoms with van der Waals surface area (Å²) in [5, 5.41) is 4.00. The molecule has 1 aromatic carbocycles. The number of ketones is 1. The molecule has 6 nitrogen and oxygen atoms in total. The number of nitrogens with one attached hydrogen (secondary N) is 1. The number of halogens is 2. The van der Waals surface area contributed by atoms with Gasteiger partial charge in [-0.05, 0) is 37.2 Å². The van der Waals surface area contributed by atoms with Crippen molar-refractivity contribution in [3.8, 4) is 5.69 Å². The fraction of sp³-hybridized carbons (Fsp3) is 0.375. The van der Waals surface area contributed by atoms with Crippen LogP contribution in [0.15, 0.2) is 48.8 Å². The number of hydrogen-bond donors (Lipinski definition) is 1. The number of alkyl halides is 2. The number of likely N-dealkylation sites (tertiary alicyclic amines) is 1. The van der Waals surface area contributed by atoms with Gasteiger partial charge in [-0.3, -0.25) is 9.59 Å². The molecule has 5 rings (SSSR count). The van der Waals surface area contributed by atoms with E-state index in [-0.39, 0.29) is 43.5 Å². The maximum Gasteiger partial charge on any atom is 0.255 e. The van der Waals surface area contributed by atoms with E-state index in [1.54, 1.807) is 6.07 Å².